The van der Waals surface area contributed by atoms with Crippen molar-refractivity contribution in [2.24, 2.45) is 5.92 Å². The minimum atomic E-state index is -0.894. The summed E-state index contributed by atoms with van der Waals surface area (Å²) in [6, 6.07) is 18.5. The van der Waals surface area contributed by atoms with Gasteiger partial charge in [-0.05, 0) is 24.1 Å². The number of thiocarbonyl (C=S) groups is 1. The van der Waals surface area contributed by atoms with Crippen molar-refractivity contribution < 1.29 is 19.5 Å². The molecule has 29 heavy (non-hydrogen) atoms. The molecular weight excluding hydrogens is 426 g/mol. The lowest BCUT2D eigenvalue weighted by Gasteiger charge is -2.15. The van der Waals surface area contributed by atoms with Crippen molar-refractivity contribution in [3.05, 3.63) is 66.2 Å². The van der Waals surface area contributed by atoms with E-state index in [1.165, 1.54) is 28.4 Å². The lowest BCUT2D eigenvalue weighted by atomic mass is 9.97. The second kappa shape index (κ2) is 10.0. The van der Waals surface area contributed by atoms with Crippen LogP contribution in [0, 0.1) is 5.92 Å². The second-order valence-corrected chi connectivity index (χ2v) is 9.86. The number of carboxylic acids is 1. The third-order valence-corrected chi connectivity index (χ3v) is 7.34. The molecule has 2 aromatic rings. The Balaban J connectivity index is 1.81. The van der Waals surface area contributed by atoms with Crippen molar-refractivity contribution in [3.63, 3.8) is 0 Å². The summed E-state index contributed by atoms with van der Waals surface area (Å²) in [4.78, 5) is 38.3. The highest BCUT2D eigenvalue weighted by Gasteiger charge is 2.48. The third-order valence-electron chi connectivity index (χ3n) is 4.44. The molecule has 0 spiro atoms. The Hall–Kier alpha value is -2.16. The molecule has 2 amide bonds. The molecular formula is C21H19NO4S3. The van der Waals surface area contributed by atoms with Crippen LogP contribution in [0.3, 0.4) is 0 Å². The summed E-state index contributed by atoms with van der Waals surface area (Å²) in [5, 5.41) is 8.15. The smallest absolute Gasteiger partial charge is 0.304 e. The van der Waals surface area contributed by atoms with Gasteiger partial charge in [-0.1, -0.05) is 72.5 Å². The first-order valence-corrected chi connectivity index (χ1v) is 11.3. The topological polar surface area (TPSA) is 74.7 Å². The molecule has 1 N–H and O–H groups in total. The zero-order valence-electron chi connectivity index (χ0n) is 15.4. The highest BCUT2D eigenvalue weighted by atomic mass is 32.2. The van der Waals surface area contributed by atoms with E-state index in [0.29, 0.717) is 21.4 Å². The molecule has 5 nitrogen and oxygen atoms in total. The molecule has 2 atom stereocenters. The predicted octanol–water partition coefficient (Wildman–Crippen LogP) is 4.01. The van der Waals surface area contributed by atoms with Gasteiger partial charge in [-0.25, -0.2) is 4.90 Å². The molecule has 0 unspecified atom stereocenters. The van der Waals surface area contributed by atoms with E-state index in [9.17, 15) is 14.4 Å². The van der Waals surface area contributed by atoms with Gasteiger partial charge in [0, 0.05) is 5.75 Å². The van der Waals surface area contributed by atoms with Crippen LogP contribution in [0.15, 0.2) is 60.7 Å². The van der Waals surface area contributed by atoms with E-state index < -0.39 is 17.1 Å². The van der Waals surface area contributed by atoms with Gasteiger partial charge in [0.1, 0.15) is 8.78 Å². The molecule has 0 radical (unpaired) electrons. The van der Waals surface area contributed by atoms with Gasteiger partial charge in [0.2, 0.25) is 11.8 Å². The van der Waals surface area contributed by atoms with Crippen LogP contribution in [0.2, 0.25) is 0 Å². The van der Waals surface area contributed by atoms with E-state index in [2.05, 4.69) is 0 Å². The maximum Gasteiger partial charge on any atom is 0.304 e. The number of carbonyl (C=O) groups excluding carboxylic acids is 2. The van der Waals surface area contributed by atoms with Crippen molar-refractivity contribution in [1.82, 2.24) is 0 Å². The first kappa shape index (κ1) is 21.5. The number of carbonyl (C=O) groups is 3. The summed E-state index contributed by atoms with van der Waals surface area (Å²) in [6.07, 6.45) is 0.432. The monoisotopic (exact) mass is 445 g/mol. The normalized spacial score (nSPS) is 18.8. The molecule has 1 aliphatic heterocycles. The summed E-state index contributed by atoms with van der Waals surface area (Å²) < 4.78 is 0.477. The summed E-state index contributed by atoms with van der Waals surface area (Å²) in [6.45, 7) is 0. The van der Waals surface area contributed by atoms with Gasteiger partial charge in [0.15, 0.2) is 0 Å². The van der Waals surface area contributed by atoms with Gasteiger partial charge >= 0.3 is 5.97 Å². The molecule has 0 aromatic heterocycles. The van der Waals surface area contributed by atoms with E-state index in [1.54, 1.807) is 24.3 Å². The molecule has 1 heterocycles. The van der Waals surface area contributed by atoms with Crippen LogP contribution in [-0.2, 0) is 20.8 Å². The summed E-state index contributed by atoms with van der Waals surface area (Å²) in [5.74, 6) is -1.61. The van der Waals surface area contributed by atoms with Gasteiger partial charge in [-0.3, -0.25) is 14.4 Å². The van der Waals surface area contributed by atoms with Crippen LogP contribution in [-0.4, -0.2) is 37.4 Å². The Morgan fingerprint density at radius 2 is 1.62 bits per heavy atom. The fourth-order valence-corrected chi connectivity index (χ4v) is 5.72. The zero-order valence-corrected chi connectivity index (χ0v) is 17.8. The first-order valence-electron chi connectivity index (χ1n) is 8.99. The van der Waals surface area contributed by atoms with Gasteiger partial charge in [0.25, 0.3) is 0 Å². The van der Waals surface area contributed by atoms with Crippen LogP contribution in [0.1, 0.15) is 12.0 Å². The summed E-state index contributed by atoms with van der Waals surface area (Å²) in [7, 11) is 0. The lowest BCUT2D eigenvalue weighted by molar-refractivity contribution is -0.136. The van der Waals surface area contributed by atoms with E-state index in [4.69, 9.17) is 17.3 Å². The average molecular weight is 446 g/mol. The van der Waals surface area contributed by atoms with E-state index in [0.717, 1.165) is 5.56 Å². The number of amides is 2. The maximum atomic E-state index is 13.2. The third kappa shape index (κ3) is 5.46. The van der Waals surface area contributed by atoms with Crippen molar-refractivity contribution in [3.8, 4) is 0 Å². The number of aliphatic carboxylic acids is 1. The van der Waals surface area contributed by atoms with Crippen LogP contribution in [0.4, 0.5) is 5.69 Å². The standard InChI is InChI=1S/C21H19NO4S3/c23-17(24)11-12-28-21(27)29-18-16(13-14-7-3-1-4-8-14)19(25)22(20(18)26)15-9-5-2-6-10-15/h1-10,16,18H,11-13H2,(H,23,24)/t16-,18-/m1/s1. The summed E-state index contributed by atoms with van der Waals surface area (Å²) >= 11 is 7.78. The molecule has 0 saturated carbocycles. The first-order chi connectivity index (χ1) is 14.0. The second-order valence-electron chi connectivity index (χ2n) is 6.42. The number of hydrogen-bond acceptors (Lipinski definition) is 6. The van der Waals surface area contributed by atoms with Crippen molar-refractivity contribution in [2.75, 3.05) is 10.7 Å². The number of imide groups is 1. The van der Waals surface area contributed by atoms with Crippen LogP contribution >= 0.6 is 35.7 Å². The number of carboxylic acid groups (broad SMARTS) is 1. The molecule has 1 saturated heterocycles. The number of nitrogens with zero attached hydrogens (tertiary/aromatic N) is 1. The van der Waals surface area contributed by atoms with Crippen LogP contribution < -0.4 is 4.90 Å². The molecule has 8 heteroatoms. The van der Waals surface area contributed by atoms with Crippen LogP contribution in [0.5, 0.6) is 0 Å². The number of benzene rings is 2. The Morgan fingerprint density at radius 3 is 2.24 bits per heavy atom. The highest BCUT2D eigenvalue weighted by Crippen LogP contribution is 2.38. The Kier molecular flexibility index (Phi) is 7.46. The minimum absolute atomic E-state index is 0.00745. The number of hydrogen-bond donors (Lipinski definition) is 1. The molecule has 3 rings (SSSR count). The minimum Gasteiger partial charge on any atom is -0.481 e. The fourth-order valence-electron chi connectivity index (χ4n) is 3.09. The largest absolute Gasteiger partial charge is 0.481 e. The molecule has 0 bridgehead atoms. The van der Waals surface area contributed by atoms with E-state index in [-0.39, 0.29) is 18.2 Å². The quantitative estimate of drug-likeness (QED) is 0.510. The fraction of sp³-hybridized carbons (Fsp3) is 0.238. The highest BCUT2D eigenvalue weighted by molar-refractivity contribution is 8.47. The predicted molar refractivity (Wildman–Crippen MR) is 121 cm³/mol. The SMILES string of the molecule is O=C(O)CCSC(=S)S[C@H]1C(=O)N(c2ccccc2)C(=O)[C@@H]1Cc1ccccc1. The zero-order chi connectivity index (χ0) is 20.8. The van der Waals surface area contributed by atoms with Crippen LogP contribution in [0.25, 0.3) is 0 Å². The average Bonchev–Trinajstić information content (AvgIpc) is 2.93. The Labute approximate surface area is 182 Å². The molecule has 1 aliphatic rings. The molecule has 150 valence electrons. The Morgan fingerprint density at radius 1 is 1.00 bits per heavy atom. The molecule has 2 aromatic carbocycles. The number of para-hydroxylation sites is 1. The molecule has 1 fully saturated rings. The molecule has 0 aliphatic carbocycles. The summed E-state index contributed by atoms with van der Waals surface area (Å²) in [5.41, 5.74) is 1.52. The lowest BCUT2D eigenvalue weighted by Crippen LogP contribution is -2.31. The van der Waals surface area contributed by atoms with Gasteiger partial charge in [0.05, 0.1) is 18.0 Å². The maximum absolute atomic E-state index is 13.2. The van der Waals surface area contributed by atoms with Crippen molar-refractivity contribution in [2.45, 2.75) is 18.1 Å². The van der Waals surface area contributed by atoms with Crippen molar-refractivity contribution >= 4 is 62.7 Å². The van der Waals surface area contributed by atoms with Gasteiger partial charge in [-0.15, -0.1) is 11.8 Å². The number of rotatable bonds is 7. The van der Waals surface area contributed by atoms with Gasteiger partial charge < -0.3 is 5.11 Å². The van der Waals surface area contributed by atoms with E-state index in [1.807, 2.05) is 36.4 Å². The van der Waals surface area contributed by atoms with Crippen molar-refractivity contribution in [1.29, 1.82) is 0 Å². The van der Waals surface area contributed by atoms with Gasteiger partial charge in [-0.2, -0.15) is 0 Å². The van der Waals surface area contributed by atoms with E-state index >= 15 is 0 Å². The number of anilines is 1. The Bertz CT molecular complexity index is 905. The number of thioether (sulfide) groups is 2.